The lowest BCUT2D eigenvalue weighted by molar-refractivity contribution is 0.0113. The van der Waals surface area contributed by atoms with E-state index >= 15 is 0 Å². The molecule has 140 valence electrons. The third kappa shape index (κ3) is 5.61. The maximum atomic E-state index is 11.6. The average Bonchev–Trinajstić information content (AvgIpc) is 2.67. The molecule has 8 nitrogen and oxygen atoms in total. The van der Waals surface area contributed by atoms with Gasteiger partial charge in [-0.15, -0.1) is 0 Å². The number of aromatic nitrogens is 1. The number of aliphatic hydroxyl groups is 2. The van der Waals surface area contributed by atoms with Gasteiger partial charge in [-0.3, -0.25) is 0 Å². The highest BCUT2D eigenvalue weighted by Crippen LogP contribution is 2.24. The number of benzene rings is 1. The lowest BCUT2D eigenvalue weighted by Crippen LogP contribution is -2.30. The number of carbonyl (C=O) groups excluding carboxylic acids is 1. The summed E-state index contributed by atoms with van der Waals surface area (Å²) in [4.78, 5) is 15.7. The van der Waals surface area contributed by atoms with Crippen molar-refractivity contribution < 1.29 is 24.5 Å². The van der Waals surface area contributed by atoms with E-state index in [1.807, 2.05) is 30.3 Å². The minimum Gasteiger partial charge on any atom is -0.481 e. The number of methoxy groups -OCH3 is 1. The number of aliphatic hydroxyl groups excluding tert-OH is 2. The van der Waals surface area contributed by atoms with Gasteiger partial charge in [0.2, 0.25) is 5.88 Å². The number of nitrogens with one attached hydrogen (secondary N) is 1. The highest BCUT2D eigenvalue weighted by Gasteiger charge is 2.22. The molecule has 0 aliphatic rings. The number of nitrogens with zero attached hydrogens (tertiary/aromatic N) is 1. The van der Waals surface area contributed by atoms with Crippen LogP contribution in [0.3, 0.4) is 0 Å². The van der Waals surface area contributed by atoms with Crippen molar-refractivity contribution >= 4 is 11.8 Å². The Kier molecular flexibility index (Phi) is 7.19. The monoisotopic (exact) mass is 361 g/mol. The number of hydrogen-bond acceptors (Lipinski definition) is 7. The van der Waals surface area contributed by atoms with Crippen molar-refractivity contribution in [3.63, 3.8) is 0 Å². The Morgan fingerprint density at radius 1 is 1.23 bits per heavy atom. The first-order valence-corrected chi connectivity index (χ1v) is 8.12. The molecule has 0 bridgehead atoms. The molecule has 0 fully saturated rings. The molecule has 1 aromatic heterocycles. The minimum absolute atomic E-state index is 0.0972. The number of rotatable bonds is 8. The lowest BCUT2D eigenvalue weighted by atomic mass is 10.1. The quantitative estimate of drug-likeness (QED) is 0.559. The zero-order valence-electron chi connectivity index (χ0n) is 14.5. The number of amides is 1. The third-order valence-electron chi connectivity index (χ3n) is 3.71. The maximum absolute atomic E-state index is 11.6. The van der Waals surface area contributed by atoms with Crippen LogP contribution >= 0.6 is 0 Å². The van der Waals surface area contributed by atoms with Gasteiger partial charge in [-0.1, -0.05) is 30.3 Å². The van der Waals surface area contributed by atoms with Crippen molar-refractivity contribution in [2.75, 3.05) is 19.4 Å². The van der Waals surface area contributed by atoms with Gasteiger partial charge in [0, 0.05) is 12.6 Å². The number of hydrogen-bond donors (Lipinski definition) is 4. The van der Waals surface area contributed by atoms with E-state index in [0.29, 0.717) is 0 Å². The normalized spacial score (nSPS) is 12.9. The Hall–Kier alpha value is -2.84. The Morgan fingerprint density at radius 2 is 1.96 bits per heavy atom. The van der Waals surface area contributed by atoms with Gasteiger partial charge in [0.05, 0.1) is 24.6 Å². The molecule has 0 spiro atoms. The van der Waals surface area contributed by atoms with E-state index in [1.54, 1.807) is 6.07 Å². The molecule has 0 saturated heterocycles. The Balaban J connectivity index is 1.77. The summed E-state index contributed by atoms with van der Waals surface area (Å²) in [7, 11) is 1.44. The summed E-state index contributed by atoms with van der Waals surface area (Å²) >= 11 is 0. The fourth-order valence-electron chi connectivity index (χ4n) is 2.25. The second-order valence-corrected chi connectivity index (χ2v) is 5.62. The number of pyridine rings is 1. The maximum Gasteiger partial charge on any atom is 0.407 e. The number of nitrogen functional groups attached to an aromatic ring is 1. The fourth-order valence-corrected chi connectivity index (χ4v) is 2.25. The summed E-state index contributed by atoms with van der Waals surface area (Å²) < 4.78 is 10.0. The van der Waals surface area contributed by atoms with E-state index in [2.05, 4.69) is 10.3 Å². The van der Waals surface area contributed by atoms with Crippen molar-refractivity contribution in [1.29, 1.82) is 0 Å². The Labute approximate surface area is 151 Å². The number of alkyl carbamates (subject to hydrolysis) is 1. The molecule has 2 rings (SSSR count). The second kappa shape index (κ2) is 9.59. The molecule has 2 atom stereocenters. The summed E-state index contributed by atoms with van der Waals surface area (Å²) in [6, 6.07) is 12.4. The van der Waals surface area contributed by atoms with Crippen LogP contribution in [-0.2, 0) is 11.3 Å². The summed E-state index contributed by atoms with van der Waals surface area (Å²) in [5.41, 5.74) is 7.02. The highest BCUT2D eigenvalue weighted by atomic mass is 16.5. The first-order chi connectivity index (χ1) is 12.5. The minimum atomic E-state index is -1.30. The second-order valence-electron chi connectivity index (χ2n) is 5.62. The van der Waals surface area contributed by atoms with E-state index < -0.39 is 18.3 Å². The van der Waals surface area contributed by atoms with E-state index in [1.165, 1.54) is 13.2 Å². The number of ether oxygens (including phenoxy) is 2. The van der Waals surface area contributed by atoms with Crippen molar-refractivity contribution in [1.82, 2.24) is 10.3 Å². The zero-order valence-corrected chi connectivity index (χ0v) is 14.5. The Morgan fingerprint density at radius 3 is 2.65 bits per heavy atom. The molecule has 8 heteroatoms. The van der Waals surface area contributed by atoms with Crippen molar-refractivity contribution in [2.45, 2.75) is 25.2 Å². The first kappa shape index (κ1) is 19.5. The molecule has 0 aliphatic carbocycles. The SMILES string of the molecule is COc1ccc(N)c(C(O)C(O)CCNC(=O)OCc2ccccc2)n1. The predicted molar refractivity (Wildman–Crippen MR) is 95.4 cm³/mol. The fraction of sp³-hybridized carbons (Fsp3) is 0.333. The molecule has 26 heavy (non-hydrogen) atoms. The molecule has 2 unspecified atom stereocenters. The van der Waals surface area contributed by atoms with Crippen molar-refractivity contribution in [3.05, 3.63) is 53.7 Å². The van der Waals surface area contributed by atoms with Crippen LogP contribution in [0.5, 0.6) is 5.88 Å². The number of carbonyl (C=O) groups is 1. The van der Waals surface area contributed by atoms with Gasteiger partial charge in [-0.2, -0.15) is 0 Å². The summed E-state index contributed by atoms with van der Waals surface area (Å²) in [6.07, 6.45) is -2.96. The molecule has 1 amide bonds. The van der Waals surface area contributed by atoms with Crippen LogP contribution in [0.15, 0.2) is 42.5 Å². The van der Waals surface area contributed by atoms with Gasteiger partial charge in [0.1, 0.15) is 12.7 Å². The third-order valence-corrected chi connectivity index (χ3v) is 3.71. The molecule has 5 N–H and O–H groups in total. The van der Waals surface area contributed by atoms with Crippen LogP contribution in [0.1, 0.15) is 23.8 Å². The van der Waals surface area contributed by atoms with Crippen LogP contribution < -0.4 is 15.8 Å². The molecule has 1 heterocycles. The van der Waals surface area contributed by atoms with Crippen LogP contribution in [-0.4, -0.2) is 41.0 Å². The van der Waals surface area contributed by atoms with Crippen LogP contribution in [0.4, 0.5) is 10.5 Å². The van der Waals surface area contributed by atoms with Crippen molar-refractivity contribution in [3.8, 4) is 5.88 Å². The Bertz CT molecular complexity index is 711. The molecule has 0 saturated carbocycles. The molecular formula is C18H23N3O5. The van der Waals surface area contributed by atoms with Gasteiger partial charge in [0.15, 0.2) is 0 Å². The summed E-state index contributed by atoms with van der Waals surface area (Å²) in [5.74, 6) is 0.281. The highest BCUT2D eigenvalue weighted by molar-refractivity contribution is 5.67. The topological polar surface area (TPSA) is 127 Å². The van der Waals surface area contributed by atoms with E-state index in [9.17, 15) is 15.0 Å². The number of anilines is 1. The summed E-state index contributed by atoms with van der Waals surface area (Å²) in [5, 5.41) is 22.8. The molecule has 0 radical (unpaired) electrons. The zero-order chi connectivity index (χ0) is 18.9. The van der Waals surface area contributed by atoms with E-state index in [4.69, 9.17) is 15.2 Å². The van der Waals surface area contributed by atoms with Crippen LogP contribution in [0.2, 0.25) is 0 Å². The summed E-state index contributed by atoms with van der Waals surface area (Å²) in [6.45, 7) is 0.276. The van der Waals surface area contributed by atoms with Crippen LogP contribution in [0.25, 0.3) is 0 Å². The first-order valence-electron chi connectivity index (χ1n) is 8.12. The van der Waals surface area contributed by atoms with Gasteiger partial charge < -0.3 is 30.7 Å². The van der Waals surface area contributed by atoms with E-state index in [0.717, 1.165) is 5.56 Å². The van der Waals surface area contributed by atoms with Crippen LogP contribution in [0, 0.1) is 0 Å². The molecular weight excluding hydrogens is 338 g/mol. The standard InChI is InChI=1S/C18H23N3O5/c1-25-15-8-7-13(19)16(21-15)17(23)14(22)9-10-20-18(24)26-11-12-5-3-2-4-6-12/h2-8,14,17,22-23H,9-11,19H2,1H3,(H,20,24). The molecule has 0 aliphatic heterocycles. The molecule has 2 aromatic rings. The average molecular weight is 361 g/mol. The largest absolute Gasteiger partial charge is 0.481 e. The number of nitrogens with two attached hydrogens (primary N) is 1. The van der Waals surface area contributed by atoms with Crippen molar-refractivity contribution in [2.24, 2.45) is 0 Å². The van der Waals surface area contributed by atoms with Gasteiger partial charge >= 0.3 is 6.09 Å². The smallest absolute Gasteiger partial charge is 0.407 e. The van der Waals surface area contributed by atoms with Gasteiger partial charge in [-0.25, -0.2) is 9.78 Å². The van der Waals surface area contributed by atoms with Gasteiger partial charge in [-0.05, 0) is 18.1 Å². The predicted octanol–water partition coefficient (Wildman–Crippen LogP) is 1.38. The van der Waals surface area contributed by atoms with Gasteiger partial charge in [0.25, 0.3) is 0 Å². The lowest BCUT2D eigenvalue weighted by Gasteiger charge is -2.19. The van der Waals surface area contributed by atoms with E-state index in [-0.39, 0.29) is 36.8 Å². The molecule has 1 aromatic carbocycles.